The number of pyridine rings is 1. The lowest BCUT2D eigenvalue weighted by molar-refractivity contribution is 0.112. The number of benzene rings is 1. The molecule has 1 aromatic carbocycles. The summed E-state index contributed by atoms with van der Waals surface area (Å²) in [6.45, 7) is 0. The van der Waals surface area contributed by atoms with Crippen LogP contribution in [0.1, 0.15) is 10.4 Å². The highest BCUT2D eigenvalue weighted by atomic mass is 35.5. The molecule has 0 aliphatic heterocycles. The zero-order valence-electron chi connectivity index (χ0n) is 8.45. The van der Waals surface area contributed by atoms with Crippen molar-refractivity contribution in [1.82, 2.24) is 4.98 Å². The number of carbonyl (C=O) groups excluding carboxylic acids is 1. The minimum Gasteiger partial charge on any atom is -0.298 e. The number of aldehydes is 1. The van der Waals surface area contributed by atoms with Crippen LogP contribution in [0.15, 0.2) is 30.5 Å². The number of nitrogens with zero attached hydrogens (tertiary/aromatic N) is 1. The quantitative estimate of drug-likeness (QED) is 0.600. The standard InChI is InChI=1S/C12H6Cl3NO/c13-9-5-11(15)10(14)4-8(9)12-7(6-17)2-1-3-16-12/h1-6H. The van der Waals surface area contributed by atoms with Gasteiger partial charge in [0.2, 0.25) is 0 Å². The first kappa shape index (κ1) is 12.4. The van der Waals surface area contributed by atoms with Gasteiger partial charge in [0.15, 0.2) is 6.29 Å². The van der Waals surface area contributed by atoms with Crippen molar-refractivity contribution in [1.29, 1.82) is 0 Å². The van der Waals surface area contributed by atoms with Crippen molar-refractivity contribution in [2.75, 3.05) is 0 Å². The van der Waals surface area contributed by atoms with Crippen molar-refractivity contribution in [2.24, 2.45) is 0 Å². The van der Waals surface area contributed by atoms with E-state index in [-0.39, 0.29) is 0 Å². The van der Waals surface area contributed by atoms with Crippen molar-refractivity contribution in [3.05, 3.63) is 51.1 Å². The summed E-state index contributed by atoms with van der Waals surface area (Å²) in [5.41, 5.74) is 1.53. The van der Waals surface area contributed by atoms with E-state index in [2.05, 4.69) is 4.98 Å². The van der Waals surface area contributed by atoms with Crippen LogP contribution in [0.25, 0.3) is 11.3 Å². The molecule has 0 fully saturated rings. The summed E-state index contributed by atoms with van der Waals surface area (Å²) in [5, 5.41) is 1.14. The molecular weight excluding hydrogens is 280 g/mol. The van der Waals surface area contributed by atoms with Gasteiger partial charge in [-0.3, -0.25) is 9.78 Å². The fourth-order valence-corrected chi connectivity index (χ4v) is 2.08. The second-order valence-corrected chi connectivity index (χ2v) is 4.53. The second-order valence-electron chi connectivity index (χ2n) is 3.31. The molecule has 0 saturated carbocycles. The van der Waals surface area contributed by atoms with Gasteiger partial charge >= 0.3 is 0 Å². The molecule has 1 heterocycles. The van der Waals surface area contributed by atoms with Gasteiger partial charge in [0.1, 0.15) is 0 Å². The normalized spacial score (nSPS) is 10.3. The molecule has 0 amide bonds. The number of aromatic nitrogens is 1. The van der Waals surface area contributed by atoms with Crippen molar-refractivity contribution in [3.63, 3.8) is 0 Å². The van der Waals surface area contributed by atoms with E-state index in [0.717, 1.165) is 6.29 Å². The molecule has 2 rings (SSSR count). The molecule has 5 heteroatoms. The predicted molar refractivity (Wildman–Crippen MR) is 70.1 cm³/mol. The Labute approximate surface area is 113 Å². The van der Waals surface area contributed by atoms with Crippen LogP contribution in [-0.4, -0.2) is 11.3 Å². The lowest BCUT2D eigenvalue weighted by Gasteiger charge is -2.07. The minimum absolute atomic E-state index is 0.365. The smallest absolute Gasteiger partial charge is 0.152 e. The maximum absolute atomic E-state index is 10.9. The third kappa shape index (κ3) is 2.44. The lowest BCUT2D eigenvalue weighted by atomic mass is 10.1. The van der Waals surface area contributed by atoms with Gasteiger partial charge in [-0.15, -0.1) is 0 Å². The molecule has 0 bridgehead atoms. The molecule has 0 unspecified atom stereocenters. The molecule has 86 valence electrons. The van der Waals surface area contributed by atoms with E-state index in [9.17, 15) is 4.79 Å². The van der Waals surface area contributed by atoms with Crippen LogP contribution in [-0.2, 0) is 0 Å². The Bertz CT molecular complexity index is 584. The average molecular weight is 287 g/mol. The Morgan fingerprint density at radius 3 is 2.47 bits per heavy atom. The third-order valence-corrected chi connectivity index (χ3v) is 3.27. The van der Waals surface area contributed by atoms with Crippen molar-refractivity contribution < 1.29 is 4.79 Å². The van der Waals surface area contributed by atoms with Gasteiger partial charge in [-0.05, 0) is 24.3 Å². The van der Waals surface area contributed by atoms with E-state index >= 15 is 0 Å². The van der Waals surface area contributed by atoms with Crippen molar-refractivity contribution in [2.45, 2.75) is 0 Å². The zero-order valence-corrected chi connectivity index (χ0v) is 10.7. The van der Waals surface area contributed by atoms with E-state index in [4.69, 9.17) is 34.8 Å². The minimum atomic E-state index is 0.365. The molecule has 0 aliphatic carbocycles. The number of hydrogen-bond acceptors (Lipinski definition) is 2. The highest BCUT2D eigenvalue weighted by Gasteiger charge is 2.12. The van der Waals surface area contributed by atoms with Crippen LogP contribution in [0.2, 0.25) is 15.1 Å². The largest absolute Gasteiger partial charge is 0.298 e. The maximum Gasteiger partial charge on any atom is 0.152 e. The van der Waals surface area contributed by atoms with Crippen LogP contribution in [0.3, 0.4) is 0 Å². The van der Waals surface area contributed by atoms with Gasteiger partial charge in [0.05, 0.1) is 20.8 Å². The monoisotopic (exact) mass is 285 g/mol. The van der Waals surface area contributed by atoms with Crippen LogP contribution < -0.4 is 0 Å². The molecule has 1 aromatic heterocycles. The van der Waals surface area contributed by atoms with Crippen LogP contribution in [0.4, 0.5) is 0 Å². The van der Waals surface area contributed by atoms with Gasteiger partial charge in [0.25, 0.3) is 0 Å². The van der Waals surface area contributed by atoms with E-state index in [1.165, 1.54) is 6.07 Å². The Morgan fingerprint density at radius 1 is 1.06 bits per heavy atom. The number of rotatable bonds is 2. The molecule has 17 heavy (non-hydrogen) atoms. The molecule has 2 aromatic rings. The van der Waals surface area contributed by atoms with E-state index < -0.39 is 0 Å². The summed E-state index contributed by atoms with van der Waals surface area (Å²) in [6.07, 6.45) is 2.31. The van der Waals surface area contributed by atoms with Gasteiger partial charge in [-0.1, -0.05) is 34.8 Å². The topological polar surface area (TPSA) is 30.0 Å². The maximum atomic E-state index is 10.9. The summed E-state index contributed by atoms with van der Waals surface area (Å²) in [5.74, 6) is 0. The van der Waals surface area contributed by atoms with E-state index in [1.807, 2.05) is 0 Å². The molecular formula is C12H6Cl3NO. The number of carbonyl (C=O) groups is 1. The fourth-order valence-electron chi connectivity index (χ4n) is 1.44. The first-order chi connectivity index (χ1) is 8.13. The van der Waals surface area contributed by atoms with Gasteiger partial charge in [-0.2, -0.15) is 0 Å². The molecule has 0 aliphatic rings. The predicted octanol–water partition coefficient (Wildman–Crippen LogP) is 4.52. The van der Waals surface area contributed by atoms with E-state index in [0.29, 0.717) is 31.9 Å². The molecule has 0 radical (unpaired) electrons. The van der Waals surface area contributed by atoms with Gasteiger partial charge < -0.3 is 0 Å². The number of hydrogen-bond donors (Lipinski definition) is 0. The first-order valence-electron chi connectivity index (χ1n) is 4.68. The fraction of sp³-hybridized carbons (Fsp3) is 0. The molecule has 2 nitrogen and oxygen atoms in total. The van der Waals surface area contributed by atoms with Crippen LogP contribution in [0, 0.1) is 0 Å². The number of halogens is 3. The van der Waals surface area contributed by atoms with Crippen molar-refractivity contribution in [3.8, 4) is 11.3 Å². The Kier molecular flexibility index (Phi) is 3.67. The Morgan fingerprint density at radius 2 is 1.76 bits per heavy atom. The summed E-state index contributed by atoms with van der Waals surface area (Å²) < 4.78 is 0. The highest BCUT2D eigenvalue weighted by Crippen LogP contribution is 2.35. The van der Waals surface area contributed by atoms with Crippen LogP contribution >= 0.6 is 34.8 Å². The third-order valence-electron chi connectivity index (χ3n) is 2.23. The molecule has 0 N–H and O–H groups in total. The second kappa shape index (κ2) is 5.05. The average Bonchev–Trinajstić information content (AvgIpc) is 2.34. The van der Waals surface area contributed by atoms with Crippen molar-refractivity contribution >= 4 is 41.1 Å². The molecule has 0 saturated heterocycles. The summed E-state index contributed by atoms with van der Waals surface area (Å²) >= 11 is 17.8. The summed E-state index contributed by atoms with van der Waals surface area (Å²) in [6, 6.07) is 6.47. The summed E-state index contributed by atoms with van der Waals surface area (Å²) in [4.78, 5) is 15.1. The van der Waals surface area contributed by atoms with Gasteiger partial charge in [-0.25, -0.2) is 0 Å². The Balaban J connectivity index is 2.68. The highest BCUT2D eigenvalue weighted by molar-refractivity contribution is 6.44. The first-order valence-corrected chi connectivity index (χ1v) is 5.82. The SMILES string of the molecule is O=Cc1cccnc1-c1cc(Cl)c(Cl)cc1Cl. The lowest BCUT2D eigenvalue weighted by Crippen LogP contribution is -1.92. The zero-order chi connectivity index (χ0) is 12.4. The van der Waals surface area contributed by atoms with E-state index in [1.54, 1.807) is 24.4 Å². The molecule has 0 spiro atoms. The van der Waals surface area contributed by atoms with Gasteiger partial charge in [0, 0.05) is 17.3 Å². The van der Waals surface area contributed by atoms with Crippen LogP contribution in [0.5, 0.6) is 0 Å². The summed E-state index contributed by atoms with van der Waals surface area (Å²) in [7, 11) is 0. The Hall–Kier alpha value is -1.09. The molecule has 0 atom stereocenters.